The monoisotopic (exact) mass is 119 g/mol. The molecular formula is C5H17NSi. The van der Waals surface area contributed by atoms with E-state index in [1.165, 1.54) is 22.7 Å². The first kappa shape index (κ1) is 10.2. The van der Waals surface area contributed by atoms with Gasteiger partial charge in [0.2, 0.25) is 0 Å². The maximum Gasteiger partial charge on any atom is 0.00286 e. The second-order valence-electron chi connectivity index (χ2n) is 1.14. The molecule has 0 aromatic rings. The molecule has 2 N–H and O–H groups in total. The summed E-state index contributed by atoms with van der Waals surface area (Å²) < 4.78 is 0. The molecule has 0 atom stereocenters. The Bertz CT molecular complexity index is 15.6. The molecule has 0 rings (SSSR count). The van der Waals surface area contributed by atoms with Gasteiger partial charge >= 0.3 is 0 Å². The molecule has 0 aromatic carbocycles. The smallest absolute Gasteiger partial charge is 0.00286 e. The Morgan fingerprint density at radius 1 is 1.43 bits per heavy atom. The Morgan fingerprint density at radius 3 is 1.86 bits per heavy atom. The van der Waals surface area contributed by atoms with Crippen molar-refractivity contribution in [3.8, 4) is 0 Å². The van der Waals surface area contributed by atoms with Gasteiger partial charge in [-0.25, -0.2) is 0 Å². The van der Waals surface area contributed by atoms with Crippen molar-refractivity contribution in [3.63, 3.8) is 0 Å². The van der Waals surface area contributed by atoms with Gasteiger partial charge in [0.05, 0.1) is 0 Å². The number of hydrogen-bond acceptors (Lipinski definition) is 1. The Kier molecular flexibility index (Phi) is 23.9. The van der Waals surface area contributed by atoms with Crippen molar-refractivity contribution < 1.29 is 0 Å². The van der Waals surface area contributed by atoms with Crippen molar-refractivity contribution >= 4 is 10.2 Å². The van der Waals surface area contributed by atoms with Crippen LogP contribution < -0.4 is 5.73 Å². The summed E-state index contributed by atoms with van der Waals surface area (Å²) in [5, 5.41) is 0. The van der Waals surface area contributed by atoms with Gasteiger partial charge < -0.3 is 5.73 Å². The maximum atomic E-state index is 5.16. The topological polar surface area (TPSA) is 26.0 Å². The van der Waals surface area contributed by atoms with E-state index >= 15 is 0 Å². The van der Waals surface area contributed by atoms with E-state index < -0.39 is 0 Å². The van der Waals surface area contributed by atoms with Gasteiger partial charge in [0.15, 0.2) is 0 Å². The van der Waals surface area contributed by atoms with Crippen molar-refractivity contribution in [3.05, 3.63) is 0 Å². The molecule has 0 spiro atoms. The largest absolute Gasteiger partial charge is 0.330 e. The van der Waals surface area contributed by atoms with Crippen LogP contribution in [-0.4, -0.2) is 16.8 Å². The van der Waals surface area contributed by atoms with Crippen LogP contribution in [0.25, 0.3) is 0 Å². The third-order valence-electron chi connectivity index (χ3n) is 0.558. The minimum atomic E-state index is 0.878. The molecule has 7 heavy (non-hydrogen) atoms. The fourth-order valence-electron chi connectivity index (χ4n) is 0.204. The highest BCUT2D eigenvalue weighted by molar-refractivity contribution is 6.08. The molecule has 0 fully saturated rings. The standard InChI is InChI=1S/C3H11NSi.C2H6/c4-2-1-3-5;1-2/h1-4H2,5H3;1-2H3. The zero-order valence-corrected chi connectivity index (χ0v) is 7.70. The third-order valence-corrected chi connectivity index (χ3v) is 1.26. The van der Waals surface area contributed by atoms with E-state index in [-0.39, 0.29) is 0 Å². The predicted molar refractivity (Wildman–Crippen MR) is 39.8 cm³/mol. The molecule has 0 bridgehead atoms. The molecule has 0 amide bonds. The molecule has 0 radical (unpaired) electrons. The van der Waals surface area contributed by atoms with Crippen LogP contribution in [0.2, 0.25) is 6.04 Å². The molecule has 0 unspecified atom stereocenters. The van der Waals surface area contributed by atoms with Crippen LogP contribution in [-0.2, 0) is 0 Å². The van der Waals surface area contributed by atoms with Crippen LogP contribution in [0.5, 0.6) is 0 Å². The van der Waals surface area contributed by atoms with Crippen LogP contribution >= 0.6 is 0 Å². The molecule has 2 heteroatoms. The highest BCUT2D eigenvalue weighted by atomic mass is 28.1. The van der Waals surface area contributed by atoms with E-state index in [0.717, 1.165) is 6.54 Å². The minimum absolute atomic E-state index is 0.878. The summed E-state index contributed by atoms with van der Waals surface area (Å²) in [6.07, 6.45) is 1.23. The quantitative estimate of drug-likeness (QED) is 0.514. The van der Waals surface area contributed by atoms with E-state index in [9.17, 15) is 0 Å². The van der Waals surface area contributed by atoms with Gasteiger partial charge in [-0.2, -0.15) is 0 Å². The summed E-state index contributed by atoms with van der Waals surface area (Å²) in [7, 11) is 1.32. The first-order valence-corrected chi connectivity index (χ1v) is 4.53. The highest BCUT2D eigenvalue weighted by Crippen LogP contribution is 1.74. The molecule has 0 aliphatic rings. The second-order valence-corrected chi connectivity index (χ2v) is 2.14. The van der Waals surface area contributed by atoms with Gasteiger partial charge in [-0.1, -0.05) is 19.9 Å². The molecule has 0 heterocycles. The van der Waals surface area contributed by atoms with E-state index in [1.54, 1.807) is 0 Å². The molecule has 0 saturated heterocycles. The van der Waals surface area contributed by atoms with Gasteiger partial charge in [0.1, 0.15) is 0 Å². The van der Waals surface area contributed by atoms with Crippen molar-refractivity contribution in [2.75, 3.05) is 6.54 Å². The average molecular weight is 119 g/mol. The first-order valence-electron chi connectivity index (χ1n) is 3.12. The number of nitrogens with two attached hydrogens (primary N) is 1. The van der Waals surface area contributed by atoms with Gasteiger partial charge in [0.25, 0.3) is 0 Å². The van der Waals surface area contributed by atoms with Crippen LogP contribution in [0, 0.1) is 0 Å². The van der Waals surface area contributed by atoms with E-state index in [2.05, 4.69) is 0 Å². The minimum Gasteiger partial charge on any atom is -0.330 e. The second kappa shape index (κ2) is 16.4. The van der Waals surface area contributed by atoms with Crippen LogP contribution in [0.15, 0.2) is 0 Å². The normalized spacial score (nSPS) is 7.29. The molecule has 0 aromatic heterocycles. The number of rotatable bonds is 2. The van der Waals surface area contributed by atoms with Gasteiger partial charge in [-0.15, -0.1) is 0 Å². The summed E-state index contributed by atoms with van der Waals surface area (Å²) in [4.78, 5) is 0. The Balaban J connectivity index is 0. The zero-order chi connectivity index (χ0) is 6.12. The van der Waals surface area contributed by atoms with E-state index in [4.69, 9.17) is 5.73 Å². The Hall–Kier alpha value is 0.177. The zero-order valence-electron chi connectivity index (χ0n) is 5.70. The maximum absolute atomic E-state index is 5.16. The molecule has 0 saturated carbocycles. The van der Waals surface area contributed by atoms with Crippen molar-refractivity contribution in [2.24, 2.45) is 5.73 Å². The fraction of sp³-hybridized carbons (Fsp3) is 1.00. The summed E-state index contributed by atoms with van der Waals surface area (Å²) in [5.74, 6) is 0. The molecular weight excluding hydrogens is 102 g/mol. The van der Waals surface area contributed by atoms with Crippen LogP contribution in [0.1, 0.15) is 20.3 Å². The first-order chi connectivity index (χ1) is 3.41. The fourth-order valence-corrected chi connectivity index (χ4v) is 0.612. The third kappa shape index (κ3) is 22.7. The lowest BCUT2D eigenvalue weighted by Gasteiger charge is -1.80. The summed E-state index contributed by atoms with van der Waals surface area (Å²) in [6, 6.07) is 1.36. The molecule has 0 aliphatic carbocycles. The lowest BCUT2D eigenvalue weighted by molar-refractivity contribution is 0.930. The summed E-state index contributed by atoms with van der Waals surface area (Å²) >= 11 is 0. The predicted octanol–water partition coefficient (Wildman–Crippen LogP) is 0.145. The van der Waals surface area contributed by atoms with Gasteiger partial charge in [0, 0.05) is 10.2 Å². The molecule has 0 aliphatic heterocycles. The van der Waals surface area contributed by atoms with E-state index in [1.807, 2.05) is 13.8 Å². The van der Waals surface area contributed by atoms with E-state index in [0.29, 0.717) is 0 Å². The van der Waals surface area contributed by atoms with Crippen LogP contribution in [0.3, 0.4) is 0 Å². The SMILES string of the molecule is CC.NCCC[SiH3]. The van der Waals surface area contributed by atoms with Crippen molar-refractivity contribution in [1.29, 1.82) is 0 Å². The van der Waals surface area contributed by atoms with Crippen LogP contribution in [0.4, 0.5) is 0 Å². The van der Waals surface area contributed by atoms with Crippen molar-refractivity contribution in [2.45, 2.75) is 26.3 Å². The lowest BCUT2D eigenvalue weighted by Crippen LogP contribution is -1.96. The molecule has 1 nitrogen and oxygen atoms in total. The number of hydrogen-bond donors (Lipinski definition) is 1. The Labute approximate surface area is 49.7 Å². The summed E-state index contributed by atoms with van der Waals surface area (Å²) in [6.45, 7) is 4.88. The average Bonchev–Trinajstić information content (AvgIpc) is 1.75. The summed E-state index contributed by atoms with van der Waals surface area (Å²) in [5.41, 5.74) is 5.16. The van der Waals surface area contributed by atoms with Crippen molar-refractivity contribution in [1.82, 2.24) is 0 Å². The molecule has 46 valence electrons. The Morgan fingerprint density at radius 2 is 1.86 bits per heavy atom. The lowest BCUT2D eigenvalue weighted by atomic mass is 10.5. The van der Waals surface area contributed by atoms with Gasteiger partial charge in [-0.3, -0.25) is 0 Å². The van der Waals surface area contributed by atoms with Gasteiger partial charge in [-0.05, 0) is 13.0 Å². The highest BCUT2D eigenvalue weighted by Gasteiger charge is 1.68.